The Bertz CT molecular complexity index is 1480. The molecule has 4 rings (SSSR count). The van der Waals surface area contributed by atoms with Crippen LogP contribution in [0.1, 0.15) is 23.1 Å². The molecule has 34 heavy (non-hydrogen) atoms. The predicted octanol–water partition coefficient (Wildman–Crippen LogP) is 4.15. The second kappa shape index (κ2) is 9.32. The summed E-state index contributed by atoms with van der Waals surface area (Å²) < 4.78 is 29.9. The van der Waals surface area contributed by atoms with Crippen molar-refractivity contribution in [2.45, 2.75) is 13.8 Å². The Morgan fingerprint density at radius 3 is 2.50 bits per heavy atom. The lowest BCUT2D eigenvalue weighted by atomic mass is 10.1. The summed E-state index contributed by atoms with van der Waals surface area (Å²) in [4.78, 5) is 40.5. The molecule has 0 radical (unpaired) electrons. The van der Waals surface area contributed by atoms with Crippen molar-refractivity contribution in [1.82, 2.24) is 14.8 Å². The van der Waals surface area contributed by atoms with Gasteiger partial charge in [-0.15, -0.1) is 11.3 Å². The minimum Gasteiger partial charge on any atom is -0.326 e. The van der Waals surface area contributed by atoms with E-state index in [1.807, 2.05) is 0 Å². The Morgan fingerprint density at radius 1 is 1.03 bits per heavy atom. The number of rotatable bonds is 5. The third-order valence-corrected chi connectivity index (χ3v) is 5.45. The van der Waals surface area contributed by atoms with Gasteiger partial charge in [-0.1, -0.05) is 12.1 Å². The average molecular weight is 481 g/mol. The van der Waals surface area contributed by atoms with E-state index in [4.69, 9.17) is 0 Å². The number of hydrogen-bond donors (Lipinski definition) is 2. The molecule has 172 valence electrons. The van der Waals surface area contributed by atoms with Crippen molar-refractivity contribution < 1.29 is 18.4 Å². The van der Waals surface area contributed by atoms with E-state index in [1.54, 1.807) is 13.0 Å². The van der Waals surface area contributed by atoms with Crippen LogP contribution in [0.5, 0.6) is 0 Å². The van der Waals surface area contributed by atoms with Crippen molar-refractivity contribution in [3.8, 4) is 16.9 Å². The van der Waals surface area contributed by atoms with Gasteiger partial charge in [0.1, 0.15) is 17.3 Å². The van der Waals surface area contributed by atoms with Gasteiger partial charge < -0.3 is 5.32 Å². The van der Waals surface area contributed by atoms with E-state index in [0.29, 0.717) is 11.4 Å². The Kier molecular flexibility index (Phi) is 6.28. The van der Waals surface area contributed by atoms with E-state index < -0.39 is 28.7 Å². The molecule has 0 bridgehead atoms. The van der Waals surface area contributed by atoms with E-state index in [2.05, 4.69) is 20.7 Å². The molecule has 4 aromatic rings. The third-order valence-electron chi connectivity index (χ3n) is 4.69. The molecule has 0 atom stereocenters. The van der Waals surface area contributed by atoms with Gasteiger partial charge in [0.25, 0.3) is 5.91 Å². The number of nitrogens with zero attached hydrogens (tertiary/aromatic N) is 3. The second-order valence-corrected chi connectivity index (χ2v) is 8.09. The molecule has 0 aliphatic rings. The number of aromatic nitrogens is 3. The first-order chi connectivity index (χ1) is 16.2. The number of aryl methyl sites for hydroxylation is 1. The summed E-state index contributed by atoms with van der Waals surface area (Å²) in [5, 5.41) is 10.7. The number of amides is 2. The number of carbonyl (C=O) groups excluding carboxylic acids is 2. The molecule has 2 aromatic heterocycles. The van der Waals surface area contributed by atoms with Crippen molar-refractivity contribution in [1.29, 1.82) is 0 Å². The van der Waals surface area contributed by atoms with Crippen molar-refractivity contribution in [2.24, 2.45) is 0 Å². The highest BCUT2D eigenvalue weighted by molar-refractivity contribution is 7.14. The van der Waals surface area contributed by atoms with E-state index in [0.717, 1.165) is 17.4 Å². The molecule has 2 amide bonds. The van der Waals surface area contributed by atoms with Gasteiger partial charge in [0.05, 0.1) is 5.69 Å². The minimum absolute atomic E-state index is 0.0868. The fourth-order valence-corrected chi connectivity index (χ4v) is 3.89. The van der Waals surface area contributed by atoms with Crippen LogP contribution in [0.3, 0.4) is 0 Å². The molecule has 0 fully saturated rings. The summed E-state index contributed by atoms with van der Waals surface area (Å²) in [5.74, 6) is -2.34. The highest BCUT2D eigenvalue weighted by Crippen LogP contribution is 2.29. The first kappa shape index (κ1) is 22.9. The zero-order valence-corrected chi connectivity index (χ0v) is 18.7. The number of nitrogens with one attached hydrogen (secondary N) is 2. The van der Waals surface area contributed by atoms with E-state index in [9.17, 15) is 23.2 Å². The van der Waals surface area contributed by atoms with Crippen LogP contribution in [0.4, 0.5) is 19.6 Å². The molecule has 0 aliphatic heterocycles. The van der Waals surface area contributed by atoms with Gasteiger partial charge in [-0.05, 0) is 37.3 Å². The average Bonchev–Trinajstić information content (AvgIpc) is 3.22. The lowest BCUT2D eigenvalue weighted by Crippen LogP contribution is -2.27. The molecule has 0 unspecified atom stereocenters. The highest BCUT2D eigenvalue weighted by Gasteiger charge is 2.19. The fraction of sp³-hybridized carbons (Fsp3) is 0.0870. The SMILES string of the molecule is CC(=O)Nc1ccc(-c2csc(NC(=O)c3nn(-c4ccccc4F)c(C)cc3=O)n2)c(F)c1. The van der Waals surface area contributed by atoms with Crippen LogP contribution < -0.4 is 16.1 Å². The van der Waals surface area contributed by atoms with Crippen molar-refractivity contribution >= 4 is 34.0 Å². The standard InChI is InChI=1S/C23H17F2N5O3S/c1-12-9-20(32)21(29-30(12)19-6-4-3-5-16(19)24)22(33)28-23-27-18(11-34-23)15-8-7-14(10-17(15)25)26-13(2)31/h3-11H,1-2H3,(H,26,31)(H,27,28,33). The highest BCUT2D eigenvalue weighted by atomic mass is 32.1. The van der Waals surface area contributed by atoms with Gasteiger partial charge in [-0.3, -0.25) is 19.7 Å². The Hall–Kier alpha value is -4.25. The van der Waals surface area contributed by atoms with Gasteiger partial charge in [0.15, 0.2) is 10.8 Å². The number of thiazole rings is 1. The molecule has 8 nitrogen and oxygen atoms in total. The van der Waals surface area contributed by atoms with Crippen molar-refractivity contribution in [3.05, 3.63) is 87.2 Å². The molecule has 0 saturated heterocycles. The molecule has 2 heterocycles. The first-order valence-corrected chi connectivity index (χ1v) is 10.8. The third kappa shape index (κ3) is 4.74. The van der Waals surface area contributed by atoms with Crippen LogP contribution in [-0.4, -0.2) is 26.6 Å². The quantitative estimate of drug-likeness (QED) is 0.445. The molecule has 0 aliphatic carbocycles. The van der Waals surface area contributed by atoms with Crippen molar-refractivity contribution in [3.63, 3.8) is 0 Å². The molecular weight excluding hydrogens is 464 g/mol. The Balaban J connectivity index is 1.59. The van der Waals surface area contributed by atoms with E-state index in [1.165, 1.54) is 53.4 Å². The summed E-state index contributed by atoms with van der Waals surface area (Å²) in [6, 6.07) is 11.2. The second-order valence-electron chi connectivity index (χ2n) is 7.23. The topological polar surface area (TPSA) is 106 Å². The Morgan fingerprint density at radius 2 is 1.79 bits per heavy atom. The monoisotopic (exact) mass is 481 g/mol. The van der Waals surface area contributed by atoms with E-state index >= 15 is 0 Å². The molecule has 2 aromatic carbocycles. The van der Waals surface area contributed by atoms with Crippen LogP contribution in [0.2, 0.25) is 0 Å². The molecule has 0 spiro atoms. The molecule has 0 saturated carbocycles. The summed E-state index contributed by atoms with van der Waals surface area (Å²) in [5.41, 5.74) is 0.0728. The number of carbonyl (C=O) groups is 2. The normalized spacial score (nSPS) is 10.7. The summed E-state index contributed by atoms with van der Waals surface area (Å²) in [7, 11) is 0. The number of benzene rings is 2. The van der Waals surface area contributed by atoms with Crippen LogP contribution in [0.15, 0.2) is 58.7 Å². The zero-order valence-electron chi connectivity index (χ0n) is 17.9. The van der Waals surface area contributed by atoms with Gasteiger partial charge in [0, 0.05) is 35.3 Å². The van der Waals surface area contributed by atoms with Crippen LogP contribution in [0, 0.1) is 18.6 Å². The van der Waals surface area contributed by atoms with Crippen molar-refractivity contribution in [2.75, 3.05) is 10.6 Å². The van der Waals surface area contributed by atoms with Crippen LogP contribution in [-0.2, 0) is 4.79 Å². The van der Waals surface area contributed by atoms with E-state index in [-0.39, 0.29) is 28.0 Å². The number of hydrogen-bond acceptors (Lipinski definition) is 6. The molecule has 11 heteroatoms. The van der Waals surface area contributed by atoms with Crippen LogP contribution in [0.25, 0.3) is 16.9 Å². The largest absolute Gasteiger partial charge is 0.326 e. The lowest BCUT2D eigenvalue weighted by molar-refractivity contribution is -0.114. The maximum Gasteiger partial charge on any atom is 0.281 e. The smallest absolute Gasteiger partial charge is 0.281 e. The van der Waals surface area contributed by atoms with Gasteiger partial charge >= 0.3 is 0 Å². The molecular formula is C23H17F2N5O3S. The predicted molar refractivity (Wildman–Crippen MR) is 124 cm³/mol. The number of halogens is 2. The number of anilines is 2. The summed E-state index contributed by atoms with van der Waals surface area (Å²) in [6.07, 6.45) is 0. The zero-order chi connectivity index (χ0) is 24.4. The summed E-state index contributed by atoms with van der Waals surface area (Å²) >= 11 is 1.03. The maximum atomic E-state index is 14.5. The van der Waals surface area contributed by atoms with Crippen LogP contribution >= 0.6 is 11.3 Å². The minimum atomic E-state index is -0.836. The fourth-order valence-electron chi connectivity index (χ4n) is 3.19. The molecule has 2 N–H and O–H groups in total. The lowest BCUT2D eigenvalue weighted by Gasteiger charge is -2.11. The van der Waals surface area contributed by atoms with Gasteiger partial charge in [0.2, 0.25) is 11.3 Å². The number of para-hydroxylation sites is 1. The summed E-state index contributed by atoms with van der Waals surface area (Å²) in [6.45, 7) is 2.89. The Labute approximate surface area is 195 Å². The first-order valence-electron chi connectivity index (χ1n) is 9.93. The maximum absolute atomic E-state index is 14.5. The van der Waals surface area contributed by atoms with Gasteiger partial charge in [-0.2, -0.15) is 5.10 Å². The van der Waals surface area contributed by atoms with Gasteiger partial charge in [-0.25, -0.2) is 18.4 Å².